The quantitative estimate of drug-likeness (QED) is 0.865. The molecule has 1 N–H and O–H groups in total. The molecular weight excluding hydrogens is 262 g/mol. The summed E-state index contributed by atoms with van der Waals surface area (Å²) in [4.78, 5) is 12.1. The number of hydrogen-bond acceptors (Lipinski definition) is 2. The zero-order chi connectivity index (χ0) is 14.4. The van der Waals surface area contributed by atoms with Crippen molar-refractivity contribution in [2.75, 3.05) is 0 Å². The Morgan fingerprint density at radius 2 is 2.05 bits per heavy atom. The lowest BCUT2D eigenvalue weighted by molar-refractivity contribution is -0.129. The number of ether oxygens (including phenoxy) is 1. The first-order chi connectivity index (χ1) is 8.93. The molecule has 0 bridgehead atoms. The summed E-state index contributed by atoms with van der Waals surface area (Å²) in [5.41, 5.74) is 0. The maximum absolute atomic E-state index is 12.1. The molecule has 106 valence electrons. The number of carbonyl (C=O) groups excluding carboxylic acids is 1. The molecule has 0 fully saturated rings. The minimum absolute atomic E-state index is 0.0799. The van der Waals surface area contributed by atoms with E-state index >= 15 is 0 Å². The van der Waals surface area contributed by atoms with Gasteiger partial charge in [0.05, 0.1) is 0 Å². The number of amides is 1. The molecule has 1 aromatic carbocycles. The second-order valence-corrected chi connectivity index (χ2v) is 5.45. The van der Waals surface area contributed by atoms with E-state index in [0.717, 1.165) is 0 Å². The van der Waals surface area contributed by atoms with Crippen molar-refractivity contribution in [2.24, 2.45) is 5.92 Å². The molecule has 0 saturated heterocycles. The second kappa shape index (κ2) is 7.39. The Morgan fingerprint density at radius 3 is 2.58 bits per heavy atom. The minimum Gasteiger partial charge on any atom is -0.481 e. The van der Waals surface area contributed by atoms with Crippen molar-refractivity contribution in [3.05, 3.63) is 29.3 Å². The van der Waals surface area contributed by atoms with Gasteiger partial charge in [0.1, 0.15) is 5.75 Å². The molecular formula is C15H22ClNO2. The lowest BCUT2D eigenvalue weighted by Crippen LogP contribution is -2.44. The van der Waals surface area contributed by atoms with Crippen LogP contribution in [0.4, 0.5) is 0 Å². The zero-order valence-corrected chi connectivity index (χ0v) is 12.7. The number of rotatable bonds is 6. The normalized spacial score (nSPS) is 14.0. The lowest BCUT2D eigenvalue weighted by atomic mass is 10.1. The number of hydrogen-bond donors (Lipinski definition) is 1. The van der Waals surface area contributed by atoms with Crippen molar-refractivity contribution < 1.29 is 9.53 Å². The van der Waals surface area contributed by atoms with Crippen LogP contribution < -0.4 is 10.1 Å². The van der Waals surface area contributed by atoms with E-state index in [2.05, 4.69) is 19.2 Å². The van der Waals surface area contributed by atoms with Crippen LogP contribution in [-0.4, -0.2) is 18.1 Å². The molecule has 0 aliphatic heterocycles. The second-order valence-electron chi connectivity index (χ2n) is 5.01. The van der Waals surface area contributed by atoms with E-state index in [1.807, 2.05) is 13.8 Å². The number of carbonyl (C=O) groups is 1. The fourth-order valence-corrected chi connectivity index (χ4v) is 1.69. The Morgan fingerprint density at radius 1 is 1.37 bits per heavy atom. The Labute approximate surface area is 120 Å². The fraction of sp³-hybridized carbons (Fsp3) is 0.533. The summed E-state index contributed by atoms with van der Waals surface area (Å²) in [5, 5.41) is 3.57. The van der Waals surface area contributed by atoms with Crippen molar-refractivity contribution in [3.63, 3.8) is 0 Å². The standard InChI is InChI=1S/C15H22ClNO2/c1-5-14(15(18)17-11(4)10(2)3)19-13-8-6-7-12(16)9-13/h6-11,14H,5H2,1-4H3,(H,17,18)/t11-,14-/m0/s1. The van der Waals surface area contributed by atoms with Gasteiger partial charge in [-0.25, -0.2) is 0 Å². The third-order valence-electron chi connectivity index (χ3n) is 3.11. The van der Waals surface area contributed by atoms with Crippen molar-refractivity contribution in [2.45, 2.75) is 46.3 Å². The molecule has 1 aromatic rings. The van der Waals surface area contributed by atoms with Gasteiger partial charge in [-0.1, -0.05) is 38.4 Å². The summed E-state index contributed by atoms with van der Waals surface area (Å²) in [6.45, 7) is 8.07. The lowest BCUT2D eigenvalue weighted by Gasteiger charge is -2.22. The molecule has 3 nitrogen and oxygen atoms in total. The first kappa shape index (κ1) is 15.8. The van der Waals surface area contributed by atoms with Crippen molar-refractivity contribution >= 4 is 17.5 Å². The average Bonchev–Trinajstić information content (AvgIpc) is 2.35. The van der Waals surface area contributed by atoms with E-state index in [1.54, 1.807) is 24.3 Å². The molecule has 0 aliphatic carbocycles. The molecule has 4 heteroatoms. The van der Waals surface area contributed by atoms with Crippen LogP contribution in [0.2, 0.25) is 5.02 Å². The summed E-state index contributed by atoms with van der Waals surface area (Å²) in [7, 11) is 0. The minimum atomic E-state index is -0.486. The molecule has 1 amide bonds. The van der Waals surface area contributed by atoms with Gasteiger partial charge in [0.25, 0.3) is 5.91 Å². The topological polar surface area (TPSA) is 38.3 Å². The van der Waals surface area contributed by atoms with Gasteiger partial charge in [0, 0.05) is 11.1 Å². The maximum atomic E-state index is 12.1. The third-order valence-corrected chi connectivity index (χ3v) is 3.34. The molecule has 0 spiro atoms. The van der Waals surface area contributed by atoms with Crippen LogP contribution in [0.25, 0.3) is 0 Å². The summed E-state index contributed by atoms with van der Waals surface area (Å²) >= 11 is 5.90. The number of benzene rings is 1. The van der Waals surface area contributed by atoms with Crippen LogP contribution in [0.3, 0.4) is 0 Å². The molecule has 0 radical (unpaired) electrons. The van der Waals surface area contributed by atoms with Crippen LogP contribution >= 0.6 is 11.6 Å². The van der Waals surface area contributed by atoms with Crippen molar-refractivity contribution in [1.29, 1.82) is 0 Å². The zero-order valence-electron chi connectivity index (χ0n) is 11.9. The van der Waals surface area contributed by atoms with E-state index in [9.17, 15) is 4.79 Å². The monoisotopic (exact) mass is 283 g/mol. The van der Waals surface area contributed by atoms with Gasteiger partial charge in [-0.2, -0.15) is 0 Å². The Bertz CT molecular complexity index is 420. The number of nitrogens with one attached hydrogen (secondary N) is 1. The van der Waals surface area contributed by atoms with Crippen LogP contribution in [0, 0.1) is 5.92 Å². The van der Waals surface area contributed by atoms with Gasteiger partial charge < -0.3 is 10.1 Å². The van der Waals surface area contributed by atoms with Crippen LogP contribution in [0.1, 0.15) is 34.1 Å². The van der Waals surface area contributed by atoms with Crippen LogP contribution in [0.5, 0.6) is 5.75 Å². The van der Waals surface area contributed by atoms with Crippen molar-refractivity contribution in [1.82, 2.24) is 5.32 Å². The Hall–Kier alpha value is -1.22. The molecule has 1 rings (SSSR count). The largest absolute Gasteiger partial charge is 0.481 e. The van der Waals surface area contributed by atoms with Crippen LogP contribution in [-0.2, 0) is 4.79 Å². The highest BCUT2D eigenvalue weighted by Gasteiger charge is 2.21. The first-order valence-electron chi connectivity index (χ1n) is 6.66. The fourth-order valence-electron chi connectivity index (χ4n) is 1.51. The van der Waals surface area contributed by atoms with Gasteiger partial charge >= 0.3 is 0 Å². The summed E-state index contributed by atoms with van der Waals surface area (Å²) < 4.78 is 5.69. The molecule has 19 heavy (non-hydrogen) atoms. The highest BCUT2D eigenvalue weighted by Crippen LogP contribution is 2.19. The van der Waals surface area contributed by atoms with E-state index in [4.69, 9.17) is 16.3 Å². The van der Waals surface area contributed by atoms with Crippen LogP contribution in [0.15, 0.2) is 24.3 Å². The predicted molar refractivity (Wildman–Crippen MR) is 78.6 cm³/mol. The van der Waals surface area contributed by atoms with Gasteiger partial charge in [-0.05, 0) is 37.5 Å². The van der Waals surface area contributed by atoms with E-state index in [-0.39, 0.29) is 11.9 Å². The molecule has 2 atom stereocenters. The van der Waals surface area contributed by atoms with Gasteiger partial charge in [-0.3, -0.25) is 4.79 Å². The average molecular weight is 284 g/mol. The van der Waals surface area contributed by atoms with E-state index in [0.29, 0.717) is 23.1 Å². The smallest absolute Gasteiger partial charge is 0.261 e. The van der Waals surface area contributed by atoms with Crippen molar-refractivity contribution in [3.8, 4) is 5.75 Å². The summed E-state index contributed by atoms with van der Waals surface area (Å²) in [6.07, 6.45) is 0.128. The van der Waals surface area contributed by atoms with Gasteiger partial charge in [-0.15, -0.1) is 0 Å². The first-order valence-corrected chi connectivity index (χ1v) is 7.04. The molecule has 0 aromatic heterocycles. The van der Waals surface area contributed by atoms with E-state index < -0.39 is 6.10 Å². The van der Waals surface area contributed by atoms with Gasteiger partial charge in [0.2, 0.25) is 0 Å². The van der Waals surface area contributed by atoms with Gasteiger partial charge in [0.15, 0.2) is 6.10 Å². The Balaban J connectivity index is 2.65. The summed E-state index contributed by atoms with van der Waals surface area (Å²) in [6, 6.07) is 7.22. The molecule has 0 saturated carbocycles. The van der Waals surface area contributed by atoms with E-state index in [1.165, 1.54) is 0 Å². The summed E-state index contributed by atoms with van der Waals surface area (Å²) in [5.74, 6) is 0.933. The maximum Gasteiger partial charge on any atom is 0.261 e. The number of halogens is 1. The predicted octanol–water partition coefficient (Wildman–Crippen LogP) is 3.66. The SMILES string of the molecule is CC[C@H](Oc1cccc(Cl)c1)C(=O)N[C@@H](C)C(C)C. The third kappa shape index (κ3) is 5.11. The highest BCUT2D eigenvalue weighted by molar-refractivity contribution is 6.30. The molecule has 0 unspecified atom stereocenters. The highest BCUT2D eigenvalue weighted by atomic mass is 35.5. The molecule has 0 aliphatic rings. The molecule has 0 heterocycles. The Kier molecular flexibility index (Phi) is 6.16.